The van der Waals surface area contributed by atoms with E-state index in [4.69, 9.17) is 5.73 Å². The summed E-state index contributed by atoms with van der Waals surface area (Å²) in [6.07, 6.45) is 3.09. The van der Waals surface area contributed by atoms with Crippen LogP contribution in [0.2, 0.25) is 0 Å². The molecule has 1 fully saturated rings. The fraction of sp³-hybridized carbons (Fsp3) is 0.567. The number of amides is 1. The number of likely N-dealkylation sites (N-methyl/N-ethyl adjacent to an activating group) is 4. The highest BCUT2D eigenvalue weighted by molar-refractivity contribution is 5.93. The first-order chi connectivity index (χ1) is 19.1. The van der Waals surface area contributed by atoms with Gasteiger partial charge in [0, 0.05) is 84.5 Å². The fourth-order valence-corrected chi connectivity index (χ4v) is 5.93. The van der Waals surface area contributed by atoms with Crippen molar-refractivity contribution in [2.24, 2.45) is 0 Å². The molecule has 10 nitrogen and oxygen atoms in total. The van der Waals surface area contributed by atoms with Gasteiger partial charge >= 0.3 is 0 Å². The Morgan fingerprint density at radius 2 is 1.73 bits per heavy atom. The third kappa shape index (κ3) is 6.02. The SMILES string of the molecule is CC1Cc2ccc(C3C=C(C(=O)N(C)CCN(C)C)N(C)C3)cc2CN1c1cc(N2CCN(C)CC2)nc(N)n1. The molecule has 0 radical (unpaired) electrons. The molecule has 3 aliphatic heterocycles. The van der Waals surface area contributed by atoms with Gasteiger partial charge in [-0.3, -0.25) is 4.79 Å². The molecule has 0 saturated carbocycles. The highest BCUT2D eigenvalue weighted by atomic mass is 16.2. The largest absolute Gasteiger partial charge is 0.369 e. The number of benzene rings is 1. The molecule has 10 heteroatoms. The van der Waals surface area contributed by atoms with E-state index in [0.29, 0.717) is 18.5 Å². The summed E-state index contributed by atoms with van der Waals surface area (Å²) in [5.74, 6) is 2.39. The molecule has 216 valence electrons. The smallest absolute Gasteiger partial charge is 0.269 e. The van der Waals surface area contributed by atoms with Crippen molar-refractivity contribution in [3.63, 3.8) is 0 Å². The second-order valence-electron chi connectivity index (χ2n) is 12.0. The molecule has 1 aromatic carbocycles. The van der Waals surface area contributed by atoms with Crippen molar-refractivity contribution in [1.29, 1.82) is 0 Å². The van der Waals surface area contributed by atoms with Crippen molar-refractivity contribution in [2.75, 3.05) is 96.6 Å². The molecule has 0 aliphatic carbocycles. The average Bonchev–Trinajstić information content (AvgIpc) is 3.32. The van der Waals surface area contributed by atoms with E-state index in [1.165, 1.54) is 16.7 Å². The first kappa shape index (κ1) is 28.2. The standard InChI is InChI=1S/C30H45N9O/c1-21-15-22-7-8-23(25-17-26(37(6)19-25)29(40)36(5)12-9-34(2)3)16-24(22)20-39(21)28-18-27(32-30(31)33-28)38-13-10-35(4)11-14-38/h7-8,16-18,21,25H,9-15,19-20H2,1-6H3,(H2,31,32,33). The van der Waals surface area contributed by atoms with Crippen LogP contribution in [0.3, 0.4) is 0 Å². The molecule has 2 aromatic rings. The van der Waals surface area contributed by atoms with Crippen LogP contribution in [-0.2, 0) is 17.8 Å². The summed E-state index contributed by atoms with van der Waals surface area (Å²) in [4.78, 5) is 35.4. The van der Waals surface area contributed by atoms with E-state index in [9.17, 15) is 4.79 Å². The number of rotatable bonds is 7. The molecule has 4 heterocycles. The van der Waals surface area contributed by atoms with Gasteiger partial charge in [0.25, 0.3) is 5.91 Å². The number of hydrogen-bond acceptors (Lipinski definition) is 9. The highest BCUT2D eigenvalue weighted by Crippen LogP contribution is 2.34. The van der Waals surface area contributed by atoms with Gasteiger partial charge in [-0.25, -0.2) is 0 Å². The van der Waals surface area contributed by atoms with Gasteiger partial charge in [-0.15, -0.1) is 0 Å². The van der Waals surface area contributed by atoms with Crippen molar-refractivity contribution in [1.82, 2.24) is 29.6 Å². The normalized spacial score (nSPS) is 21.6. The molecule has 40 heavy (non-hydrogen) atoms. The summed E-state index contributed by atoms with van der Waals surface area (Å²) in [5.41, 5.74) is 10.9. The molecule has 1 amide bonds. The van der Waals surface area contributed by atoms with Crippen LogP contribution >= 0.6 is 0 Å². The minimum Gasteiger partial charge on any atom is -0.369 e. The number of aromatic nitrogens is 2. The topological polar surface area (TPSA) is 88.3 Å². The van der Waals surface area contributed by atoms with Gasteiger partial charge in [0.15, 0.2) is 0 Å². The Hall–Kier alpha value is -3.37. The molecule has 0 spiro atoms. The molecule has 2 atom stereocenters. The lowest BCUT2D eigenvalue weighted by Crippen LogP contribution is -2.45. The van der Waals surface area contributed by atoms with Crippen LogP contribution in [-0.4, -0.2) is 123 Å². The van der Waals surface area contributed by atoms with Gasteiger partial charge in [0.2, 0.25) is 5.95 Å². The molecule has 3 aliphatic rings. The summed E-state index contributed by atoms with van der Waals surface area (Å²) < 4.78 is 0. The van der Waals surface area contributed by atoms with Crippen LogP contribution in [0.4, 0.5) is 17.6 Å². The Balaban J connectivity index is 1.34. The fourth-order valence-electron chi connectivity index (χ4n) is 5.93. The molecular formula is C30H45N9O. The van der Waals surface area contributed by atoms with E-state index in [-0.39, 0.29) is 11.8 Å². The molecule has 5 rings (SSSR count). The van der Waals surface area contributed by atoms with Gasteiger partial charge in [0.1, 0.15) is 11.6 Å². The van der Waals surface area contributed by atoms with Crippen molar-refractivity contribution in [2.45, 2.75) is 31.8 Å². The predicted octanol–water partition coefficient (Wildman–Crippen LogP) is 1.69. The lowest BCUT2D eigenvalue weighted by molar-refractivity contribution is -0.127. The molecule has 0 bridgehead atoms. The minimum atomic E-state index is 0.0855. The van der Waals surface area contributed by atoms with Crippen molar-refractivity contribution < 1.29 is 4.79 Å². The summed E-state index contributed by atoms with van der Waals surface area (Å²) in [5, 5.41) is 0. The number of nitrogens with two attached hydrogens (primary N) is 1. The highest BCUT2D eigenvalue weighted by Gasteiger charge is 2.30. The first-order valence-corrected chi connectivity index (χ1v) is 14.4. The molecule has 1 saturated heterocycles. The lowest BCUT2D eigenvalue weighted by Gasteiger charge is -2.37. The molecule has 2 N–H and O–H groups in total. The van der Waals surface area contributed by atoms with Gasteiger partial charge in [0.05, 0.1) is 5.70 Å². The number of hydrogen-bond donors (Lipinski definition) is 1. The maximum absolute atomic E-state index is 13.2. The summed E-state index contributed by atoms with van der Waals surface area (Å²) >= 11 is 0. The number of carbonyl (C=O) groups excluding carboxylic acids is 1. The zero-order valence-corrected chi connectivity index (χ0v) is 25.0. The number of anilines is 3. The third-order valence-electron chi connectivity index (χ3n) is 8.57. The van der Waals surface area contributed by atoms with Gasteiger partial charge in [-0.05, 0) is 57.3 Å². The number of piperazine rings is 1. The van der Waals surface area contributed by atoms with Crippen LogP contribution in [0.25, 0.3) is 0 Å². The van der Waals surface area contributed by atoms with E-state index < -0.39 is 0 Å². The van der Waals surface area contributed by atoms with Gasteiger partial charge < -0.3 is 35.1 Å². The van der Waals surface area contributed by atoms with Crippen LogP contribution in [0.5, 0.6) is 0 Å². The summed E-state index contributed by atoms with van der Waals surface area (Å²) in [6.45, 7) is 9.29. The third-order valence-corrected chi connectivity index (χ3v) is 8.57. The second-order valence-corrected chi connectivity index (χ2v) is 12.0. The Bertz CT molecular complexity index is 1250. The zero-order valence-electron chi connectivity index (χ0n) is 25.0. The maximum atomic E-state index is 13.2. The Morgan fingerprint density at radius 3 is 2.45 bits per heavy atom. The molecule has 1 aromatic heterocycles. The van der Waals surface area contributed by atoms with Crippen molar-refractivity contribution in [3.05, 3.63) is 52.7 Å². The lowest BCUT2D eigenvalue weighted by atomic mass is 9.90. The number of fused-ring (bicyclic) bond motifs is 1. The van der Waals surface area contributed by atoms with E-state index >= 15 is 0 Å². The van der Waals surface area contributed by atoms with E-state index in [1.807, 2.05) is 33.1 Å². The van der Waals surface area contributed by atoms with Crippen molar-refractivity contribution >= 4 is 23.5 Å². The van der Waals surface area contributed by atoms with Crippen LogP contribution in [0, 0.1) is 0 Å². The van der Waals surface area contributed by atoms with Crippen molar-refractivity contribution in [3.8, 4) is 0 Å². The summed E-state index contributed by atoms with van der Waals surface area (Å²) in [6, 6.07) is 9.25. The van der Waals surface area contributed by atoms with Crippen LogP contribution in [0.1, 0.15) is 29.5 Å². The Labute approximate surface area is 239 Å². The van der Waals surface area contributed by atoms with Crippen LogP contribution < -0.4 is 15.5 Å². The first-order valence-electron chi connectivity index (χ1n) is 14.4. The average molecular weight is 548 g/mol. The quantitative estimate of drug-likeness (QED) is 0.556. The second kappa shape index (κ2) is 11.6. The predicted molar refractivity (Wildman–Crippen MR) is 162 cm³/mol. The monoisotopic (exact) mass is 547 g/mol. The summed E-state index contributed by atoms with van der Waals surface area (Å²) in [7, 11) is 10.1. The number of nitrogen functional groups attached to an aromatic ring is 1. The van der Waals surface area contributed by atoms with Crippen LogP contribution in [0.15, 0.2) is 36.0 Å². The Morgan fingerprint density at radius 1 is 1.00 bits per heavy atom. The zero-order chi connectivity index (χ0) is 28.6. The van der Waals surface area contributed by atoms with E-state index in [1.54, 1.807) is 0 Å². The van der Waals surface area contributed by atoms with Gasteiger partial charge in [-0.1, -0.05) is 18.2 Å². The molecular weight excluding hydrogens is 502 g/mol. The van der Waals surface area contributed by atoms with E-state index in [2.05, 4.69) is 78.8 Å². The van der Waals surface area contributed by atoms with Gasteiger partial charge in [-0.2, -0.15) is 9.97 Å². The number of nitrogens with zero attached hydrogens (tertiary/aromatic N) is 8. The minimum absolute atomic E-state index is 0.0855. The van der Waals surface area contributed by atoms with E-state index in [0.717, 1.165) is 69.6 Å². The molecule has 2 unspecified atom stereocenters. The number of carbonyl (C=O) groups is 1. The Kier molecular flexibility index (Phi) is 8.19. The maximum Gasteiger partial charge on any atom is 0.269 e.